The second kappa shape index (κ2) is 9.21. The van der Waals surface area contributed by atoms with Crippen LogP contribution in [0.2, 0.25) is 0 Å². The van der Waals surface area contributed by atoms with Crippen LogP contribution in [0.5, 0.6) is 0 Å². The molecule has 0 saturated carbocycles. The molecule has 8 heteroatoms. The normalized spacial score (nSPS) is 11.1. The van der Waals surface area contributed by atoms with E-state index in [1.807, 2.05) is 51.1 Å². The number of rotatable bonds is 7. The number of para-hydroxylation sites is 1. The van der Waals surface area contributed by atoms with Crippen LogP contribution in [0.15, 0.2) is 41.5 Å². The Hall–Kier alpha value is -3.00. The number of aryl methyl sites for hydroxylation is 1. The Kier molecular flexibility index (Phi) is 6.66. The number of amides is 1. The Labute approximate surface area is 178 Å². The van der Waals surface area contributed by atoms with Crippen LogP contribution in [0.25, 0.3) is 10.2 Å². The fourth-order valence-electron chi connectivity index (χ4n) is 3.12. The van der Waals surface area contributed by atoms with Crippen LogP contribution >= 0.6 is 11.3 Å². The summed E-state index contributed by atoms with van der Waals surface area (Å²) >= 11 is 1.14. The Morgan fingerprint density at radius 2 is 1.93 bits per heavy atom. The monoisotopic (exact) mass is 427 g/mol. The molecule has 0 saturated heterocycles. The highest BCUT2D eigenvalue weighted by atomic mass is 32.1. The third-order valence-corrected chi connectivity index (χ3v) is 5.82. The zero-order valence-electron chi connectivity index (χ0n) is 17.5. The molecule has 3 aromatic rings. The van der Waals surface area contributed by atoms with Crippen molar-refractivity contribution in [3.8, 4) is 0 Å². The number of carbonyl (C=O) groups is 2. The van der Waals surface area contributed by atoms with E-state index in [0.29, 0.717) is 33.8 Å². The number of carbonyl (C=O) groups excluding carboxylic acids is 2. The Bertz CT molecular complexity index is 1120. The molecule has 3 rings (SSSR count). The summed E-state index contributed by atoms with van der Waals surface area (Å²) in [6, 6.07) is 9.31. The Morgan fingerprint density at radius 1 is 1.23 bits per heavy atom. The highest BCUT2D eigenvalue weighted by molar-refractivity contribution is 7.20. The quantitative estimate of drug-likeness (QED) is 0.538. The molecule has 2 heterocycles. The highest BCUT2D eigenvalue weighted by Gasteiger charge is 2.22. The molecule has 0 atom stereocenters. The van der Waals surface area contributed by atoms with Crippen LogP contribution in [0.3, 0.4) is 0 Å². The molecule has 0 radical (unpaired) electrons. The molecule has 158 valence electrons. The van der Waals surface area contributed by atoms with Gasteiger partial charge in [-0.05, 0) is 37.5 Å². The van der Waals surface area contributed by atoms with Gasteiger partial charge in [-0.1, -0.05) is 32.0 Å². The lowest BCUT2D eigenvalue weighted by molar-refractivity contribution is -0.119. The van der Waals surface area contributed by atoms with Gasteiger partial charge in [0.25, 0.3) is 5.56 Å². The van der Waals surface area contributed by atoms with Gasteiger partial charge < -0.3 is 9.64 Å². The second-order valence-electron chi connectivity index (χ2n) is 7.38. The van der Waals surface area contributed by atoms with Gasteiger partial charge in [-0.25, -0.2) is 9.78 Å². The third kappa shape index (κ3) is 4.43. The lowest BCUT2D eigenvalue weighted by atomic mass is 10.2. The lowest BCUT2D eigenvalue weighted by Gasteiger charge is -2.21. The van der Waals surface area contributed by atoms with Gasteiger partial charge in [-0.3, -0.25) is 14.2 Å². The highest BCUT2D eigenvalue weighted by Crippen LogP contribution is 2.27. The van der Waals surface area contributed by atoms with Crippen LogP contribution in [-0.2, 0) is 16.1 Å². The lowest BCUT2D eigenvalue weighted by Crippen LogP contribution is -2.36. The van der Waals surface area contributed by atoms with Crippen LogP contribution in [0.1, 0.15) is 36.0 Å². The maximum Gasteiger partial charge on any atom is 0.348 e. The molecule has 2 aromatic heterocycles. The maximum atomic E-state index is 13.0. The van der Waals surface area contributed by atoms with Gasteiger partial charge >= 0.3 is 5.97 Å². The van der Waals surface area contributed by atoms with Gasteiger partial charge in [0.15, 0.2) is 0 Å². The van der Waals surface area contributed by atoms with Crippen molar-refractivity contribution in [2.75, 3.05) is 18.1 Å². The minimum atomic E-state index is -0.451. The summed E-state index contributed by atoms with van der Waals surface area (Å²) in [7, 11) is 0. The van der Waals surface area contributed by atoms with E-state index in [4.69, 9.17) is 4.74 Å². The van der Waals surface area contributed by atoms with Gasteiger partial charge in [0.1, 0.15) is 16.3 Å². The molecule has 0 unspecified atom stereocenters. The van der Waals surface area contributed by atoms with Crippen molar-refractivity contribution in [1.29, 1.82) is 0 Å². The van der Waals surface area contributed by atoms with E-state index in [1.54, 1.807) is 11.8 Å². The molecular formula is C22H25N3O4S. The van der Waals surface area contributed by atoms with E-state index >= 15 is 0 Å². The molecule has 0 aliphatic heterocycles. The third-order valence-electron chi connectivity index (χ3n) is 4.64. The van der Waals surface area contributed by atoms with Gasteiger partial charge in [-0.2, -0.15) is 0 Å². The van der Waals surface area contributed by atoms with Crippen LogP contribution < -0.4 is 10.5 Å². The number of likely N-dealkylation sites (N-methyl/N-ethyl adjacent to an activating group) is 1. The largest absolute Gasteiger partial charge is 0.461 e. The topological polar surface area (TPSA) is 81.5 Å². The van der Waals surface area contributed by atoms with Crippen molar-refractivity contribution in [2.45, 2.75) is 34.2 Å². The SMILES string of the molecule is CCN(C(=O)Cn1cnc2sc(C(=O)OCC(C)C)c(C)c2c1=O)c1ccccc1. The number of ether oxygens (including phenoxy) is 1. The zero-order valence-corrected chi connectivity index (χ0v) is 18.4. The zero-order chi connectivity index (χ0) is 21.8. The van der Waals surface area contributed by atoms with Crippen LogP contribution in [0, 0.1) is 12.8 Å². The summed E-state index contributed by atoms with van der Waals surface area (Å²) in [5.41, 5.74) is 0.974. The summed E-state index contributed by atoms with van der Waals surface area (Å²) in [6.45, 7) is 8.17. The number of hydrogen-bond donors (Lipinski definition) is 0. The Morgan fingerprint density at radius 3 is 2.57 bits per heavy atom. The first kappa shape index (κ1) is 21.7. The summed E-state index contributed by atoms with van der Waals surface area (Å²) in [6.07, 6.45) is 1.36. The molecule has 0 aliphatic carbocycles. The van der Waals surface area contributed by atoms with Crippen molar-refractivity contribution in [2.24, 2.45) is 5.92 Å². The number of aromatic nitrogens is 2. The molecule has 0 N–H and O–H groups in total. The van der Waals surface area contributed by atoms with Gasteiger partial charge in [0.05, 0.1) is 18.3 Å². The summed E-state index contributed by atoms with van der Waals surface area (Å²) in [4.78, 5) is 45.0. The molecule has 0 bridgehead atoms. The number of thiophene rings is 1. The van der Waals surface area contributed by atoms with Crippen molar-refractivity contribution in [3.63, 3.8) is 0 Å². The molecular weight excluding hydrogens is 402 g/mol. The average molecular weight is 428 g/mol. The van der Waals surface area contributed by atoms with Crippen LogP contribution in [0.4, 0.5) is 5.69 Å². The fraction of sp³-hybridized carbons (Fsp3) is 0.364. The molecule has 30 heavy (non-hydrogen) atoms. The first-order valence-electron chi connectivity index (χ1n) is 9.84. The summed E-state index contributed by atoms with van der Waals surface area (Å²) in [5, 5.41) is 0.356. The van der Waals surface area contributed by atoms with Gasteiger partial charge in [0, 0.05) is 12.2 Å². The number of fused-ring (bicyclic) bond motifs is 1. The average Bonchev–Trinajstić information content (AvgIpc) is 3.07. The van der Waals surface area contributed by atoms with Crippen LogP contribution in [-0.4, -0.2) is 34.6 Å². The van der Waals surface area contributed by atoms with Gasteiger partial charge in [-0.15, -0.1) is 11.3 Å². The minimum absolute atomic E-state index is 0.132. The molecule has 1 amide bonds. The van der Waals surface area contributed by atoms with E-state index in [2.05, 4.69) is 4.98 Å². The minimum Gasteiger partial charge on any atom is -0.461 e. The molecule has 7 nitrogen and oxygen atoms in total. The number of hydrogen-bond acceptors (Lipinski definition) is 6. The van der Waals surface area contributed by atoms with Crippen molar-refractivity contribution in [3.05, 3.63) is 57.5 Å². The van der Waals surface area contributed by atoms with E-state index in [-0.39, 0.29) is 23.9 Å². The molecule has 0 spiro atoms. The summed E-state index contributed by atoms with van der Waals surface area (Å²) in [5.74, 6) is -0.444. The van der Waals surface area contributed by atoms with Crippen molar-refractivity contribution >= 4 is 39.1 Å². The molecule has 0 fully saturated rings. The number of esters is 1. The first-order valence-corrected chi connectivity index (χ1v) is 10.7. The fourth-order valence-corrected chi connectivity index (χ4v) is 4.15. The first-order chi connectivity index (χ1) is 14.3. The maximum absolute atomic E-state index is 13.0. The van der Waals surface area contributed by atoms with Crippen molar-refractivity contribution < 1.29 is 14.3 Å². The predicted molar refractivity (Wildman–Crippen MR) is 118 cm³/mol. The standard InChI is InChI=1S/C22H25N3O4S/c1-5-25(16-9-7-6-8-10-16)17(26)11-24-13-23-20-18(21(24)27)15(4)19(30-20)22(28)29-12-14(2)3/h6-10,13-14H,5,11-12H2,1-4H3. The van der Waals surface area contributed by atoms with E-state index in [9.17, 15) is 14.4 Å². The summed E-state index contributed by atoms with van der Waals surface area (Å²) < 4.78 is 6.59. The van der Waals surface area contributed by atoms with E-state index in [0.717, 1.165) is 17.0 Å². The van der Waals surface area contributed by atoms with Gasteiger partial charge in [0.2, 0.25) is 5.91 Å². The smallest absolute Gasteiger partial charge is 0.348 e. The van der Waals surface area contributed by atoms with E-state index < -0.39 is 5.97 Å². The molecule has 0 aliphatic rings. The molecule has 1 aromatic carbocycles. The Balaban J connectivity index is 1.90. The number of benzene rings is 1. The van der Waals surface area contributed by atoms with Crippen molar-refractivity contribution in [1.82, 2.24) is 9.55 Å². The number of nitrogens with zero attached hydrogens (tertiary/aromatic N) is 3. The van der Waals surface area contributed by atoms with E-state index in [1.165, 1.54) is 10.9 Å². The predicted octanol–water partition coefficient (Wildman–Crippen LogP) is 3.63. The number of anilines is 1. The second-order valence-corrected chi connectivity index (χ2v) is 8.38.